The average molecular weight is 380 g/mol. The summed E-state index contributed by atoms with van der Waals surface area (Å²) in [6.45, 7) is 9.26. The van der Waals surface area contributed by atoms with Gasteiger partial charge < -0.3 is 10.2 Å². The lowest BCUT2D eigenvalue weighted by Gasteiger charge is -2.25. The molecule has 0 aliphatic carbocycles. The Kier molecular flexibility index (Phi) is 4.93. The van der Waals surface area contributed by atoms with E-state index in [1.54, 1.807) is 10.9 Å². The summed E-state index contributed by atoms with van der Waals surface area (Å²) in [6, 6.07) is 10.4. The lowest BCUT2D eigenvalue weighted by molar-refractivity contribution is 0.323. The summed E-state index contributed by atoms with van der Waals surface area (Å²) >= 11 is 0. The summed E-state index contributed by atoms with van der Waals surface area (Å²) in [6.07, 6.45) is 4.08. The highest BCUT2D eigenvalue weighted by atomic mass is 16.1. The number of anilines is 1. The Hall–Kier alpha value is -2.67. The normalized spacial score (nSPS) is 16.5. The molecular weight excluding hydrogens is 352 g/mol. The number of benzene rings is 1. The van der Waals surface area contributed by atoms with Crippen LogP contribution in [0.5, 0.6) is 0 Å². The summed E-state index contributed by atoms with van der Waals surface area (Å²) < 4.78 is 1.81. The summed E-state index contributed by atoms with van der Waals surface area (Å²) in [5.74, 6) is 0.483. The molecule has 7 heteroatoms. The van der Waals surface area contributed by atoms with Crippen LogP contribution in [0.25, 0.3) is 11.0 Å². The Balaban J connectivity index is 1.69. The van der Waals surface area contributed by atoms with E-state index >= 15 is 0 Å². The second-order valence-corrected chi connectivity index (χ2v) is 8.49. The highest BCUT2D eigenvalue weighted by Gasteiger charge is 2.22. The van der Waals surface area contributed by atoms with Crippen molar-refractivity contribution >= 4 is 17.0 Å². The summed E-state index contributed by atoms with van der Waals surface area (Å²) in [5, 5.41) is 8.37. The Bertz CT molecular complexity index is 995. The molecule has 28 heavy (non-hydrogen) atoms. The van der Waals surface area contributed by atoms with Crippen LogP contribution in [-0.2, 0) is 5.54 Å². The van der Waals surface area contributed by atoms with Gasteiger partial charge in [-0.25, -0.2) is 4.68 Å². The van der Waals surface area contributed by atoms with E-state index in [1.807, 2.05) is 18.2 Å². The molecule has 1 unspecified atom stereocenters. The van der Waals surface area contributed by atoms with Crippen LogP contribution in [0.2, 0.25) is 0 Å². The van der Waals surface area contributed by atoms with Crippen LogP contribution in [-0.4, -0.2) is 44.3 Å². The first kappa shape index (κ1) is 18.7. The van der Waals surface area contributed by atoms with E-state index in [4.69, 9.17) is 4.98 Å². The molecule has 1 aliphatic heterocycles. The van der Waals surface area contributed by atoms with Gasteiger partial charge in [-0.05, 0) is 52.3 Å². The maximum Gasteiger partial charge on any atom is 0.263 e. The third-order valence-corrected chi connectivity index (χ3v) is 5.23. The number of hydrogen-bond donors (Lipinski definition) is 2. The number of aromatic nitrogens is 4. The van der Waals surface area contributed by atoms with Gasteiger partial charge in [0.15, 0.2) is 5.65 Å². The van der Waals surface area contributed by atoms with Crippen LogP contribution in [0.1, 0.15) is 45.2 Å². The van der Waals surface area contributed by atoms with Gasteiger partial charge >= 0.3 is 0 Å². The molecule has 7 nitrogen and oxygen atoms in total. The minimum absolute atomic E-state index is 0.0471. The van der Waals surface area contributed by atoms with E-state index in [0.717, 1.165) is 19.6 Å². The Morgan fingerprint density at radius 1 is 1.18 bits per heavy atom. The van der Waals surface area contributed by atoms with Crippen molar-refractivity contribution < 1.29 is 0 Å². The molecule has 1 aromatic carbocycles. The van der Waals surface area contributed by atoms with Crippen molar-refractivity contribution in [2.75, 3.05) is 25.0 Å². The molecule has 1 fully saturated rings. The standard InChI is InChI=1S/C21H28N6O/c1-21(2,3)27-18-16(13-22-27)19(28)25-20(24-18)23-17(14-26-11-7-8-12-26)15-9-5-4-6-10-15/h4-6,9-10,13,17H,7-8,11-12,14H2,1-3H3,(H2,23,24,25,28). The number of aromatic amines is 1. The number of H-pyrrole nitrogens is 1. The van der Waals surface area contributed by atoms with Gasteiger partial charge in [0, 0.05) is 6.54 Å². The molecule has 2 N–H and O–H groups in total. The first-order chi connectivity index (χ1) is 13.4. The van der Waals surface area contributed by atoms with Gasteiger partial charge in [-0.3, -0.25) is 9.78 Å². The van der Waals surface area contributed by atoms with Crippen molar-refractivity contribution in [2.45, 2.75) is 45.2 Å². The maximum absolute atomic E-state index is 12.6. The second kappa shape index (κ2) is 7.39. The number of hydrogen-bond acceptors (Lipinski definition) is 5. The van der Waals surface area contributed by atoms with Gasteiger partial charge in [0.2, 0.25) is 5.95 Å². The lowest BCUT2D eigenvalue weighted by atomic mass is 10.1. The summed E-state index contributed by atoms with van der Waals surface area (Å²) in [4.78, 5) is 22.7. The van der Waals surface area contributed by atoms with Crippen LogP contribution >= 0.6 is 0 Å². The Labute approximate surface area is 164 Å². The first-order valence-corrected chi connectivity index (χ1v) is 9.94. The molecule has 3 aromatic rings. The maximum atomic E-state index is 12.6. The van der Waals surface area contributed by atoms with E-state index in [1.165, 1.54) is 18.4 Å². The van der Waals surface area contributed by atoms with Gasteiger partial charge in [0.25, 0.3) is 5.56 Å². The molecule has 0 bridgehead atoms. The highest BCUT2D eigenvalue weighted by molar-refractivity contribution is 5.74. The molecule has 1 atom stereocenters. The lowest BCUT2D eigenvalue weighted by Crippen LogP contribution is -2.30. The fourth-order valence-electron chi connectivity index (χ4n) is 3.79. The molecule has 148 valence electrons. The summed E-state index contributed by atoms with van der Waals surface area (Å²) in [7, 11) is 0. The fraction of sp³-hybridized carbons (Fsp3) is 0.476. The molecule has 3 heterocycles. The largest absolute Gasteiger partial charge is 0.348 e. The van der Waals surface area contributed by atoms with Gasteiger partial charge in [0.1, 0.15) is 5.39 Å². The molecule has 1 saturated heterocycles. The van der Waals surface area contributed by atoms with E-state index in [9.17, 15) is 4.79 Å². The average Bonchev–Trinajstić information content (AvgIpc) is 3.31. The number of nitrogens with one attached hydrogen (secondary N) is 2. The van der Waals surface area contributed by atoms with E-state index in [-0.39, 0.29) is 17.1 Å². The fourth-order valence-corrected chi connectivity index (χ4v) is 3.79. The molecule has 0 radical (unpaired) electrons. The van der Waals surface area contributed by atoms with Gasteiger partial charge in [-0.15, -0.1) is 0 Å². The number of likely N-dealkylation sites (tertiary alicyclic amines) is 1. The molecule has 2 aromatic heterocycles. The van der Waals surface area contributed by atoms with Crippen LogP contribution in [0.4, 0.5) is 5.95 Å². The monoisotopic (exact) mass is 380 g/mol. The Morgan fingerprint density at radius 3 is 2.57 bits per heavy atom. The van der Waals surface area contributed by atoms with E-state index in [2.05, 4.69) is 53.2 Å². The zero-order valence-corrected chi connectivity index (χ0v) is 16.8. The predicted molar refractivity (Wildman–Crippen MR) is 112 cm³/mol. The number of fused-ring (bicyclic) bond motifs is 1. The van der Waals surface area contributed by atoms with Crippen LogP contribution in [0.3, 0.4) is 0 Å². The van der Waals surface area contributed by atoms with Crippen molar-refractivity contribution in [1.29, 1.82) is 0 Å². The molecular formula is C21H28N6O. The topological polar surface area (TPSA) is 78.8 Å². The van der Waals surface area contributed by atoms with Crippen molar-refractivity contribution in [2.24, 2.45) is 0 Å². The highest BCUT2D eigenvalue weighted by Crippen LogP contribution is 2.23. The van der Waals surface area contributed by atoms with Crippen molar-refractivity contribution in [3.63, 3.8) is 0 Å². The zero-order valence-electron chi connectivity index (χ0n) is 16.8. The number of rotatable bonds is 5. The van der Waals surface area contributed by atoms with Crippen molar-refractivity contribution in [3.05, 3.63) is 52.4 Å². The third-order valence-electron chi connectivity index (χ3n) is 5.23. The molecule has 1 aliphatic rings. The second-order valence-electron chi connectivity index (χ2n) is 8.49. The smallest absolute Gasteiger partial charge is 0.263 e. The van der Waals surface area contributed by atoms with Crippen molar-refractivity contribution in [3.8, 4) is 0 Å². The van der Waals surface area contributed by atoms with E-state index < -0.39 is 0 Å². The van der Waals surface area contributed by atoms with E-state index in [0.29, 0.717) is 17.0 Å². The van der Waals surface area contributed by atoms with Gasteiger partial charge in [-0.2, -0.15) is 10.1 Å². The minimum atomic E-state index is -0.256. The van der Waals surface area contributed by atoms with Crippen LogP contribution < -0.4 is 10.9 Å². The zero-order chi connectivity index (χ0) is 19.7. The predicted octanol–water partition coefficient (Wildman–Crippen LogP) is 3.12. The summed E-state index contributed by atoms with van der Waals surface area (Å²) in [5.41, 5.74) is 1.36. The van der Waals surface area contributed by atoms with Crippen molar-refractivity contribution in [1.82, 2.24) is 24.6 Å². The molecule has 0 spiro atoms. The third kappa shape index (κ3) is 3.80. The first-order valence-electron chi connectivity index (χ1n) is 9.94. The van der Waals surface area contributed by atoms with Gasteiger partial charge in [-0.1, -0.05) is 30.3 Å². The number of nitrogens with zero attached hydrogens (tertiary/aromatic N) is 4. The molecule has 0 saturated carbocycles. The minimum Gasteiger partial charge on any atom is -0.348 e. The Morgan fingerprint density at radius 2 is 1.89 bits per heavy atom. The molecule has 4 rings (SSSR count). The van der Waals surface area contributed by atoms with Crippen LogP contribution in [0, 0.1) is 0 Å². The van der Waals surface area contributed by atoms with Crippen LogP contribution in [0.15, 0.2) is 41.3 Å². The molecule has 0 amide bonds. The quantitative estimate of drug-likeness (QED) is 0.711. The SMILES string of the molecule is CC(C)(C)n1ncc2c(=O)[nH]c(NC(CN3CCCC3)c3ccccc3)nc21. The van der Waals surface area contributed by atoms with Gasteiger partial charge in [0.05, 0.1) is 17.8 Å².